The molecule has 0 unspecified atom stereocenters. The fraction of sp³-hybridized carbons (Fsp3) is 0.889. The third-order valence-corrected chi connectivity index (χ3v) is 2.52. The predicted molar refractivity (Wildman–Crippen MR) is 51.9 cm³/mol. The van der Waals surface area contributed by atoms with Gasteiger partial charge in [-0.1, -0.05) is 0 Å². The lowest BCUT2D eigenvalue weighted by atomic mass is 9.90. The lowest BCUT2D eigenvalue weighted by Crippen LogP contribution is -2.57. The van der Waals surface area contributed by atoms with Gasteiger partial charge in [0, 0.05) is 26.9 Å². The van der Waals surface area contributed by atoms with Gasteiger partial charge >= 0.3 is 0 Å². The first-order chi connectivity index (χ1) is 6.72. The predicted octanol–water partition coefficient (Wildman–Crippen LogP) is -0.743. The molecule has 5 nitrogen and oxygen atoms in total. The van der Waals surface area contributed by atoms with E-state index in [0.29, 0.717) is 19.8 Å². The summed E-state index contributed by atoms with van der Waals surface area (Å²) in [4.78, 5) is 11.3. The first-order valence-electron chi connectivity index (χ1n) is 4.80. The summed E-state index contributed by atoms with van der Waals surface area (Å²) < 4.78 is 9.98. The minimum absolute atomic E-state index is 0.0859. The fourth-order valence-electron chi connectivity index (χ4n) is 1.61. The van der Waals surface area contributed by atoms with Gasteiger partial charge in [-0.3, -0.25) is 4.79 Å². The minimum atomic E-state index is -0.284. The Labute approximate surface area is 83.9 Å². The van der Waals surface area contributed by atoms with Crippen molar-refractivity contribution < 1.29 is 14.3 Å². The van der Waals surface area contributed by atoms with Gasteiger partial charge in [-0.25, -0.2) is 0 Å². The normalized spacial score (nSPS) is 20.4. The van der Waals surface area contributed by atoms with Gasteiger partial charge in [0.05, 0.1) is 5.54 Å². The van der Waals surface area contributed by atoms with Crippen molar-refractivity contribution in [3.63, 3.8) is 0 Å². The molecule has 0 aromatic heterocycles. The van der Waals surface area contributed by atoms with E-state index in [1.807, 2.05) is 0 Å². The molecule has 1 heterocycles. The number of nitrogens with one attached hydrogen (secondary N) is 1. The number of nitrogens with two attached hydrogens (primary N) is 1. The summed E-state index contributed by atoms with van der Waals surface area (Å²) in [6.45, 7) is 1.85. The molecule has 0 saturated carbocycles. The molecular weight excluding hydrogens is 184 g/mol. The number of ether oxygens (including phenoxy) is 2. The Kier molecular flexibility index (Phi) is 4.31. The van der Waals surface area contributed by atoms with Crippen molar-refractivity contribution in [2.24, 2.45) is 5.73 Å². The SMILES string of the molecule is COCC(=O)NC1(CN)CCOCC1. The zero-order chi connectivity index (χ0) is 10.4. The largest absolute Gasteiger partial charge is 0.381 e. The van der Waals surface area contributed by atoms with E-state index in [9.17, 15) is 4.79 Å². The van der Waals surface area contributed by atoms with Crippen molar-refractivity contribution in [1.29, 1.82) is 0 Å². The molecule has 14 heavy (non-hydrogen) atoms. The van der Waals surface area contributed by atoms with Crippen LogP contribution in [0.25, 0.3) is 0 Å². The number of methoxy groups -OCH3 is 1. The van der Waals surface area contributed by atoms with Crippen molar-refractivity contribution in [1.82, 2.24) is 5.32 Å². The van der Waals surface area contributed by atoms with Crippen LogP contribution in [0.1, 0.15) is 12.8 Å². The Morgan fingerprint density at radius 1 is 1.57 bits per heavy atom. The number of hydrogen-bond donors (Lipinski definition) is 2. The third kappa shape index (κ3) is 2.94. The van der Waals surface area contributed by atoms with E-state index in [0.717, 1.165) is 12.8 Å². The van der Waals surface area contributed by atoms with E-state index in [1.54, 1.807) is 0 Å². The number of rotatable bonds is 4. The van der Waals surface area contributed by atoms with Gasteiger partial charge in [-0.05, 0) is 12.8 Å². The quantitative estimate of drug-likeness (QED) is 0.629. The highest BCUT2D eigenvalue weighted by atomic mass is 16.5. The van der Waals surface area contributed by atoms with Gasteiger partial charge < -0.3 is 20.5 Å². The summed E-state index contributed by atoms with van der Waals surface area (Å²) in [5, 5.41) is 2.91. The van der Waals surface area contributed by atoms with Crippen LogP contribution in [0.15, 0.2) is 0 Å². The standard InChI is InChI=1S/C9H18N2O3/c1-13-6-8(12)11-9(7-10)2-4-14-5-3-9/h2-7,10H2,1H3,(H,11,12). The van der Waals surface area contributed by atoms with Gasteiger partial charge in [-0.15, -0.1) is 0 Å². The van der Waals surface area contributed by atoms with Crippen LogP contribution in [0.5, 0.6) is 0 Å². The molecule has 0 radical (unpaired) electrons. The molecule has 0 aromatic carbocycles. The van der Waals surface area contributed by atoms with E-state index in [1.165, 1.54) is 7.11 Å². The highest BCUT2D eigenvalue weighted by Gasteiger charge is 2.32. The Balaban J connectivity index is 2.47. The molecule has 3 N–H and O–H groups in total. The molecule has 0 spiro atoms. The van der Waals surface area contributed by atoms with Crippen LogP contribution >= 0.6 is 0 Å². The third-order valence-electron chi connectivity index (χ3n) is 2.52. The lowest BCUT2D eigenvalue weighted by Gasteiger charge is -2.36. The summed E-state index contributed by atoms with van der Waals surface area (Å²) in [7, 11) is 1.50. The number of amides is 1. The van der Waals surface area contributed by atoms with Crippen LogP contribution in [0, 0.1) is 0 Å². The van der Waals surface area contributed by atoms with Crippen LogP contribution in [0.4, 0.5) is 0 Å². The molecule has 1 rings (SSSR count). The Morgan fingerprint density at radius 3 is 2.71 bits per heavy atom. The van der Waals surface area contributed by atoms with Crippen LogP contribution in [0.3, 0.4) is 0 Å². The van der Waals surface area contributed by atoms with Gasteiger partial charge in [-0.2, -0.15) is 0 Å². The minimum Gasteiger partial charge on any atom is -0.381 e. The highest BCUT2D eigenvalue weighted by molar-refractivity contribution is 5.78. The smallest absolute Gasteiger partial charge is 0.246 e. The zero-order valence-corrected chi connectivity index (χ0v) is 8.54. The maximum Gasteiger partial charge on any atom is 0.246 e. The first-order valence-corrected chi connectivity index (χ1v) is 4.80. The average Bonchev–Trinajstić information content (AvgIpc) is 2.19. The highest BCUT2D eigenvalue weighted by Crippen LogP contribution is 2.18. The molecule has 0 aliphatic carbocycles. The molecule has 1 aliphatic heterocycles. The summed E-state index contributed by atoms with van der Waals surface area (Å²) in [5.74, 6) is -0.111. The molecular formula is C9H18N2O3. The second kappa shape index (κ2) is 5.29. The second-order valence-corrected chi connectivity index (χ2v) is 3.58. The van der Waals surface area contributed by atoms with Crippen LogP contribution in [-0.2, 0) is 14.3 Å². The monoisotopic (exact) mass is 202 g/mol. The maximum absolute atomic E-state index is 11.3. The Hall–Kier alpha value is -0.650. The summed E-state index contributed by atoms with van der Waals surface area (Å²) >= 11 is 0. The molecule has 0 atom stereocenters. The van der Waals surface area contributed by atoms with Gasteiger partial charge in [0.2, 0.25) is 5.91 Å². The summed E-state index contributed by atoms with van der Waals surface area (Å²) in [5.41, 5.74) is 5.39. The van der Waals surface area contributed by atoms with Crippen molar-refractivity contribution in [2.45, 2.75) is 18.4 Å². The number of hydrogen-bond acceptors (Lipinski definition) is 4. The summed E-state index contributed by atoms with van der Waals surface area (Å²) in [6, 6.07) is 0. The first kappa shape index (κ1) is 11.4. The van der Waals surface area contributed by atoms with Crippen molar-refractivity contribution in [3.05, 3.63) is 0 Å². The van der Waals surface area contributed by atoms with Gasteiger partial charge in [0.25, 0.3) is 0 Å². The van der Waals surface area contributed by atoms with E-state index >= 15 is 0 Å². The maximum atomic E-state index is 11.3. The van der Waals surface area contributed by atoms with Crippen molar-refractivity contribution in [2.75, 3.05) is 33.5 Å². The van der Waals surface area contributed by atoms with Crippen molar-refractivity contribution >= 4 is 5.91 Å². The molecule has 0 aromatic rings. The van der Waals surface area contributed by atoms with E-state index < -0.39 is 0 Å². The Morgan fingerprint density at radius 2 is 2.21 bits per heavy atom. The van der Waals surface area contributed by atoms with E-state index in [4.69, 9.17) is 15.2 Å². The van der Waals surface area contributed by atoms with Crippen LogP contribution < -0.4 is 11.1 Å². The van der Waals surface area contributed by atoms with Crippen LogP contribution in [0.2, 0.25) is 0 Å². The topological polar surface area (TPSA) is 73.6 Å². The summed E-state index contributed by atoms with van der Waals surface area (Å²) in [6.07, 6.45) is 1.55. The molecule has 1 saturated heterocycles. The average molecular weight is 202 g/mol. The number of carbonyl (C=O) groups excluding carboxylic acids is 1. The number of carbonyl (C=O) groups is 1. The van der Waals surface area contributed by atoms with Gasteiger partial charge in [0.1, 0.15) is 6.61 Å². The Bertz CT molecular complexity index is 190. The van der Waals surface area contributed by atoms with Gasteiger partial charge in [0.15, 0.2) is 0 Å². The molecule has 82 valence electrons. The van der Waals surface area contributed by atoms with E-state index in [-0.39, 0.29) is 18.1 Å². The molecule has 1 amide bonds. The van der Waals surface area contributed by atoms with Crippen molar-refractivity contribution in [3.8, 4) is 0 Å². The lowest BCUT2D eigenvalue weighted by molar-refractivity contribution is -0.127. The second-order valence-electron chi connectivity index (χ2n) is 3.58. The zero-order valence-electron chi connectivity index (χ0n) is 8.54. The molecule has 0 bridgehead atoms. The van der Waals surface area contributed by atoms with Crippen LogP contribution in [-0.4, -0.2) is 44.9 Å². The fourth-order valence-corrected chi connectivity index (χ4v) is 1.61. The molecule has 1 fully saturated rings. The molecule has 1 aliphatic rings. The van der Waals surface area contributed by atoms with E-state index in [2.05, 4.69) is 5.32 Å². The molecule has 5 heteroatoms.